The SMILES string of the molecule is CNCCCCCOc1ccc(-c2n[nH]c3cc(C)ccc23)c(F)c1. The fourth-order valence-corrected chi connectivity index (χ4v) is 2.89. The average molecular weight is 341 g/mol. The third-order valence-electron chi connectivity index (χ3n) is 4.25. The summed E-state index contributed by atoms with van der Waals surface area (Å²) in [5.74, 6) is 0.243. The Kier molecular flexibility index (Phi) is 5.66. The number of hydrogen-bond donors (Lipinski definition) is 2. The number of benzene rings is 2. The van der Waals surface area contributed by atoms with Gasteiger partial charge in [-0.15, -0.1) is 0 Å². The molecular formula is C20H24FN3O. The molecule has 2 N–H and O–H groups in total. The fourth-order valence-electron chi connectivity index (χ4n) is 2.89. The first-order valence-corrected chi connectivity index (χ1v) is 8.71. The first-order chi connectivity index (χ1) is 12.2. The van der Waals surface area contributed by atoms with Crippen molar-refractivity contribution in [3.8, 4) is 17.0 Å². The number of halogens is 1. The number of fused-ring (bicyclic) bond motifs is 1. The quantitative estimate of drug-likeness (QED) is 0.595. The van der Waals surface area contributed by atoms with Crippen molar-refractivity contribution in [3.63, 3.8) is 0 Å². The Balaban J connectivity index is 1.69. The van der Waals surface area contributed by atoms with Crippen molar-refractivity contribution in [2.75, 3.05) is 20.2 Å². The largest absolute Gasteiger partial charge is 0.493 e. The summed E-state index contributed by atoms with van der Waals surface area (Å²) in [6.45, 7) is 3.64. The molecule has 5 heteroatoms. The second-order valence-electron chi connectivity index (χ2n) is 6.28. The molecule has 3 aromatic rings. The number of unbranched alkanes of at least 4 members (excludes halogenated alkanes) is 2. The van der Waals surface area contributed by atoms with Gasteiger partial charge in [0.1, 0.15) is 17.3 Å². The summed E-state index contributed by atoms with van der Waals surface area (Å²) in [7, 11) is 1.95. The zero-order valence-corrected chi connectivity index (χ0v) is 14.7. The van der Waals surface area contributed by atoms with Crippen molar-refractivity contribution < 1.29 is 9.13 Å². The van der Waals surface area contributed by atoms with E-state index in [0.717, 1.165) is 42.3 Å². The van der Waals surface area contributed by atoms with Gasteiger partial charge in [0, 0.05) is 17.0 Å². The van der Waals surface area contributed by atoms with Gasteiger partial charge in [0.05, 0.1) is 12.1 Å². The van der Waals surface area contributed by atoms with Crippen molar-refractivity contribution in [2.45, 2.75) is 26.2 Å². The van der Waals surface area contributed by atoms with Crippen molar-refractivity contribution in [1.29, 1.82) is 0 Å². The van der Waals surface area contributed by atoms with Gasteiger partial charge >= 0.3 is 0 Å². The van der Waals surface area contributed by atoms with Crippen LogP contribution in [0, 0.1) is 12.7 Å². The van der Waals surface area contributed by atoms with Gasteiger partial charge in [0.15, 0.2) is 0 Å². The number of nitrogens with one attached hydrogen (secondary N) is 2. The van der Waals surface area contributed by atoms with Crippen LogP contribution in [0.2, 0.25) is 0 Å². The van der Waals surface area contributed by atoms with Crippen LogP contribution in [0.4, 0.5) is 4.39 Å². The molecule has 0 radical (unpaired) electrons. The van der Waals surface area contributed by atoms with Crippen LogP contribution in [0.25, 0.3) is 22.2 Å². The van der Waals surface area contributed by atoms with Gasteiger partial charge in [0.2, 0.25) is 0 Å². The molecule has 0 aliphatic rings. The van der Waals surface area contributed by atoms with Crippen LogP contribution in [0.15, 0.2) is 36.4 Å². The number of aromatic nitrogens is 2. The standard InChI is InChI=1S/C20H24FN3O/c1-14-6-8-17-19(12-14)23-24-20(17)16-9-7-15(13-18(16)21)25-11-5-3-4-10-22-2/h6-9,12-13,22H,3-5,10-11H2,1-2H3,(H,23,24). The molecule has 0 unspecified atom stereocenters. The highest BCUT2D eigenvalue weighted by molar-refractivity contribution is 5.93. The van der Waals surface area contributed by atoms with Crippen LogP contribution in [-0.4, -0.2) is 30.4 Å². The summed E-state index contributed by atoms with van der Waals surface area (Å²) in [4.78, 5) is 0. The number of H-pyrrole nitrogens is 1. The molecule has 0 saturated carbocycles. The third-order valence-corrected chi connectivity index (χ3v) is 4.25. The summed E-state index contributed by atoms with van der Waals surface area (Å²) in [5, 5.41) is 11.3. The Morgan fingerprint density at radius 2 is 2.00 bits per heavy atom. The lowest BCUT2D eigenvalue weighted by Gasteiger charge is -2.08. The minimum Gasteiger partial charge on any atom is -0.493 e. The summed E-state index contributed by atoms with van der Waals surface area (Å²) in [6.07, 6.45) is 3.19. The van der Waals surface area contributed by atoms with Crippen molar-refractivity contribution in [3.05, 3.63) is 47.8 Å². The summed E-state index contributed by atoms with van der Waals surface area (Å²) >= 11 is 0. The molecule has 0 amide bonds. The highest BCUT2D eigenvalue weighted by Crippen LogP contribution is 2.30. The fraction of sp³-hybridized carbons (Fsp3) is 0.350. The van der Waals surface area contributed by atoms with Crippen LogP contribution in [0.3, 0.4) is 0 Å². The minimum absolute atomic E-state index is 0.318. The monoisotopic (exact) mass is 341 g/mol. The van der Waals surface area contributed by atoms with Gasteiger partial charge in [-0.3, -0.25) is 5.10 Å². The lowest BCUT2D eigenvalue weighted by atomic mass is 10.1. The van der Waals surface area contributed by atoms with Crippen LogP contribution in [0.5, 0.6) is 5.75 Å². The molecular weight excluding hydrogens is 317 g/mol. The van der Waals surface area contributed by atoms with E-state index in [0.29, 0.717) is 23.6 Å². The molecule has 1 aromatic heterocycles. The number of nitrogens with zero attached hydrogens (tertiary/aromatic N) is 1. The molecule has 1 heterocycles. The van der Waals surface area contributed by atoms with Crippen LogP contribution in [0.1, 0.15) is 24.8 Å². The Labute approximate surface area is 147 Å². The molecule has 25 heavy (non-hydrogen) atoms. The molecule has 0 fully saturated rings. The zero-order valence-electron chi connectivity index (χ0n) is 14.7. The highest BCUT2D eigenvalue weighted by Gasteiger charge is 2.13. The van der Waals surface area contributed by atoms with Crippen molar-refractivity contribution >= 4 is 10.9 Å². The highest BCUT2D eigenvalue weighted by atomic mass is 19.1. The van der Waals surface area contributed by atoms with E-state index in [4.69, 9.17) is 4.74 Å². The molecule has 3 rings (SSSR count). The minimum atomic E-state index is -0.318. The molecule has 0 aliphatic heterocycles. The summed E-state index contributed by atoms with van der Waals surface area (Å²) in [5.41, 5.74) is 3.17. The molecule has 0 aliphatic carbocycles. The van der Waals surface area contributed by atoms with E-state index in [1.807, 2.05) is 32.2 Å². The Bertz CT molecular complexity index is 844. The molecule has 0 spiro atoms. The van der Waals surface area contributed by atoms with E-state index in [-0.39, 0.29) is 5.82 Å². The molecule has 0 saturated heterocycles. The summed E-state index contributed by atoms with van der Waals surface area (Å²) < 4.78 is 20.2. The second-order valence-corrected chi connectivity index (χ2v) is 6.28. The molecule has 2 aromatic carbocycles. The lowest BCUT2D eigenvalue weighted by molar-refractivity contribution is 0.304. The Morgan fingerprint density at radius 1 is 1.12 bits per heavy atom. The predicted octanol–water partition coefficient (Wildman–Crippen LogP) is 4.45. The van der Waals surface area contributed by atoms with E-state index >= 15 is 0 Å². The maximum absolute atomic E-state index is 14.6. The normalized spacial score (nSPS) is 11.2. The first kappa shape index (κ1) is 17.4. The molecule has 0 atom stereocenters. The van der Waals surface area contributed by atoms with Gasteiger partial charge < -0.3 is 10.1 Å². The van der Waals surface area contributed by atoms with Gasteiger partial charge in [-0.25, -0.2) is 4.39 Å². The number of rotatable bonds is 8. The van der Waals surface area contributed by atoms with Gasteiger partial charge in [0.25, 0.3) is 0 Å². The van der Waals surface area contributed by atoms with Crippen LogP contribution in [-0.2, 0) is 0 Å². The first-order valence-electron chi connectivity index (χ1n) is 8.71. The molecule has 4 nitrogen and oxygen atoms in total. The topological polar surface area (TPSA) is 49.9 Å². The maximum atomic E-state index is 14.6. The number of aromatic amines is 1. The van der Waals surface area contributed by atoms with Gasteiger partial charge in [-0.2, -0.15) is 5.10 Å². The van der Waals surface area contributed by atoms with Crippen molar-refractivity contribution in [2.24, 2.45) is 0 Å². The van der Waals surface area contributed by atoms with E-state index < -0.39 is 0 Å². The predicted molar refractivity (Wildman–Crippen MR) is 99.5 cm³/mol. The van der Waals surface area contributed by atoms with Gasteiger partial charge in [-0.1, -0.05) is 12.1 Å². The zero-order chi connectivity index (χ0) is 17.6. The second kappa shape index (κ2) is 8.12. The van der Waals surface area contributed by atoms with Gasteiger partial charge in [-0.05, 0) is 63.5 Å². The van der Waals surface area contributed by atoms with E-state index in [1.54, 1.807) is 12.1 Å². The number of hydrogen-bond acceptors (Lipinski definition) is 3. The number of ether oxygens (including phenoxy) is 1. The maximum Gasteiger partial charge on any atom is 0.136 e. The number of aryl methyl sites for hydroxylation is 1. The molecule has 132 valence electrons. The van der Waals surface area contributed by atoms with E-state index in [1.165, 1.54) is 6.07 Å². The smallest absolute Gasteiger partial charge is 0.136 e. The Hall–Kier alpha value is -2.40. The van der Waals surface area contributed by atoms with Crippen LogP contribution < -0.4 is 10.1 Å². The van der Waals surface area contributed by atoms with E-state index in [9.17, 15) is 4.39 Å². The lowest BCUT2D eigenvalue weighted by Crippen LogP contribution is -2.07. The van der Waals surface area contributed by atoms with Crippen molar-refractivity contribution in [1.82, 2.24) is 15.5 Å². The van der Waals surface area contributed by atoms with Crippen LogP contribution >= 0.6 is 0 Å². The molecule has 0 bridgehead atoms. The van der Waals surface area contributed by atoms with E-state index in [2.05, 4.69) is 15.5 Å². The summed E-state index contributed by atoms with van der Waals surface area (Å²) in [6, 6.07) is 11.0. The average Bonchev–Trinajstić information content (AvgIpc) is 3.01. The Morgan fingerprint density at radius 3 is 2.80 bits per heavy atom. The third kappa shape index (κ3) is 4.17.